The Hall–Kier alpha value is -1.26. The molecule has 0 aliphatic carbocycles. The highest BCUT2D eigenvalue weighted by molar-refractivity contribution is 7.95. The van der Waals surface area contributed by atoms with E-state index in [-0.39, 0.29) is 5.78 Å². The summed E-state index contributed by atoms with van der Waals surface area (Å²) in [6, 6.07) is 0. The van der Waals surface area contributed by atoms with Crippen LogP contribution in [0.4, 0.5) is 0 Å². The number of allylic oxidation sites excluding steroid dienone is 5. The Morgan fingerprint density at radius 2 is 1.96 bits per heavy atom. The van der Waals surface area contributed by atoms with Gasteiger partial charge in [-0.1, -0.05) is 39.5 Å². The lowest BCUT2D eigenvalue weighted by atomic mass is 9.97. The fraction of sp³-hybridized carbons (Fsp3) is 0.526. The van der Waals surface area contributed by atoms with Gasteiger partial charge < -0.3 is 9.87 Å². The summed E-state index contributed by atoms with van der Waals surface area (Å²) < 4.78 is 11.9. The maximum atomic E-state index is 11.9. The molecule has 0 heterocycles. The number of carbonyl (C=O) groups excluding carboxylic acids is 1. The molecular formula is C19H31NO2S. The summed E-state index contributed by atoms with van der Waals surface area (Å²) in [7, 11) is 0. The summed E-state index contributed by atoms with van der Waals surface area (Å²) in [5.41, 5.74) is 1.84. The third-order valence-corrected chi connectivity index (χ3v) is 5.06. The summed E-state index contributed by atoms with van der Waals surface area (Å²) >= 11 is -1.01. The first-order valence-electron chi connectivity index (χ1n) is 8.27. The van der Waals surface area contributed by atoms with E-state index in [0.29, 0.717) is 23.9 Å². The Morgan fingerprint density at radius 3 is 2.39 bits per heavy atom. The minimum atomic E-state index is -1.01. The van der Waals surface area contributed by atoms with E-state index in [1.165, 1.54) is 5.57 Å². The van der Waals surface area contributed by atoms with Crippen LogP contribution < -0.4 is 5.32 Å². The smallest absolute Gasteiger partial charge is 0.175 e. The molecule has 0 radical (unpaired) electrons. The zero-order valence-electron chi connectivity index (χ0n) is 15.1. The third-order valence-electron chi connectivity index (χ3n) is 3.70. The van der Waals surface area contributed by atoms with E-state index in [1.807, 2.05) is 32.1 Å². The summed E-state index contributed by atoms with van der Waals surface area (Å²) in [4.78, 5) is 12.4. The highest BCUT2D eigenvalue weighted by Crippen LogP contribution is 2.16. The van der Waals surface area contributed by atoms with E-state index in [1.54, 1.807) is 13.0 Å². The van der Waals surface area contributed by atoms with Gasteiger partial charge in [-0.25, -0.2) is 0 Å². The number of Topliss-reactive ketones (excluding diaryl/α,β-unsaturated/α-hetero) is 1. The highest BCUT2D eigenvalue weighted by Gasteiger charge is 2.11. The molecule has 0 amide bonds. The molecular weight excluding hydrogens is 306 g/mol. The largest absolute Gasteiger partial charge is 0.611 e. The van der Waals surface area contributed by atoms with E-state index in [0.717, 1.165) is 17.7 Å². The molecule has 2 atom stereocenters. The van der Waals surface area contributed by atoms with Gasteiger partial charge in [-0.05, 0) is 54.6 Å². The van der Waals surface area contributed by atoms with Gasteiger partial charge >= 0.3 is 0 Å². The van der Waals surface area contributed by atoms with Gasteiger partial charge in [-0.15, -0.1) is 0 Å². The monoisotopic (exact) mass is 337 g/mol. The Kier molecular flexibility index (Phi) is 11.5. The standard InChI is InChI=1S/C19H31NO2S/c1-7-11-19(16(6)21)20-14-17(15(5)8-2)12-13-18(9-3)23(22)10-4/h9,11-13,15,20H,3,7-8,10,14H2,1-2,4-6H3/b17-12-,18-13+,19-11-. The number of carbonyl (C=O) groups is 1. The zero-order chi connectivity index (χ0) is 17.8. The fourth-order valence-corrected chi connectivity index (χ4v) is 2.73. The molecule has 0 rings (SSSR count). The van der Waals surface area contributed by atoms with Crippen molar-refractivity contribution in [1.29, 1.82) is 0 Å². The fourth-order valence-electron chi connectivity index (χ4n) is 1.99. The summed E-state index contributed by atoms with van der Waals surface area (Å²) in [6.45, 7) is 14.1. The van der Waals surface area contributed by atoms with Crippen LogP contribution in [0.25, 0.3) is 0 Å². The third kappa shape index (κ3) is 8.24. The Balaban J connectivity index is 5.26. The van der Waals surface area contributed by atoms with Crippen LogP contribution in [0.2, 0.25) is 0 Å². The number of nitrogens with one attached hydrogen (secondary N) is 1. The maximum Gasteiger partial charge on any atom is 0.175 e. The zero-order valence-corrected chi connectivity index (χ0v) is 16.0. The van der Waals surface area contributed by atoms with Gasteiger partial charge in [0.1, 0.15) is 5.75 Å². The van der Waals surface area contributed by atoms with Gasteiger partial charge in [-0.3, -0.25) is 4.79 Å². The molecule has 0 spiro atoms. The Bertz CT molecular complexity index is 478. The number of rotatable bonds is 11. The van der Waals surface area contributed by atoms with Crippen LogP contribution in [0.15, 0.2) is 47.1 Å². The summed E-state index contributed by atoms with van der Waals surface area (Å²) in [5, 5.41) is 3.23. The molecule has 0 fully saturated rings. The van der Waals surface area contributed by atoms with E-state index in [2.05, 4.69) is 25.7 Å². The highest BCUT2D eigenvalue weighted by atomic mass is 32.2. The average molecular weight is 338 g/mol. The molecule has 3 nitrogen and oxygen atoms in total. The molecule has 0 aromatic rings. The van der Waals surface area contributed by atoms with Crippen molar-refractivity contribution in [3.05, 3.63) is 47.1 Å². The van der Waals surface area contributed by atoms with Crippen LogP contribution in [0, 0.1) is 5.92 Å². The Morgan fingerprint density at radius 1 is 1.30 bits per heavy atom. The molecule has 0 bridgehead atoms. The van der Waals surface area contributed by atoms with Crippen molar-refractivity contribution in [2.45, 2.75) is 47.5 Å². The van der Waals surface area contributed by atoms with Crippen molar-refractivity contribution < 1.29 is 9.35 Å². The predicted molar refractivity (Wildman–Crippen MR) is 102 cm³/mol. The van der Waals surface area contributed by atoms with Gasteiger partial charge in [0, 0.05) is 13.5 Å². The lowest BCUT2D eigenvalue weighted by Gasteiger charge is -2.16. The van der Waals surface area contributed by atoms with E-state index >= 15 is 0 Å². The van der Waals surface area contributed by atoms with Crippen molar-refractivity contribution in [2.75, 3.05) is 12.3 Å². The van der Waals surface area contributed by atoms with Crippen LogP contribution in [0.5, 0.6) is 0 Å². The van der Waals surface area contributed by atoms with Crippen LogP contribution in [0.1, 0.15) is 47.5 Å². The van der Waals surface area contributed by atoms with Gasteiger partial charge in [0.2, 0.25) is 0 Å². The summed E-state index contributed by atoms with van der Waals surface area (Å²) in [5.74, 6) is 1.01. The lowest BCUT2D eigenvalue weighted by Crippen LogP contribution is -2.23. The van der Waals surface area contributed by atoms with Crippen molar-refractivity contribution >= 4 is 17.0 Å². The molecule has 0 aromatic heterocycles. The quantitative estimate of drug-likeness (QED) is 0.348. The van der Waals surface area contributed by atoms with E-state index < -0.39 is 11.2 Å². The first kappa shape index (κ1) is 21.7. The normalized spacial score (nSPS) is 16.0. The molecule has 0 aromatic carbocycles. The van der Waals surface area contributed by atoms with Crippen molar-refractivity contribution in [3.63, 3.8) is 0 Å². The van der Waals surface area contributed by atoms with Crippen molar-refractivity contribution in [3.8, 4) is 0 Å². The first-order valence-corrected chi connectivity index (χ1v) is 9.59. The van der Waals surface area contributed by atoms with Crippen LogP contribution in [-0.2, 0) is 16.0 Å². The van der Waals surface area contributed by atoms with Crippen molar-refractivity contribution in [2.24, 2.45) is 5.92 Å². The molecule has 23 heavy (non-hydrogen) atoms. The first-order chi connectivity index (χ1) is 10.9. The minimum absolute atomic E-state index is 0.0461. The lowest BCUT2D eigenvalue weighted by molar-refractivity contribution is -0.113. The minimum Gasteiger partial charge on any atom is -0.611 e. The van der Waals surface area contributed by atoms with E-state index in [9.17, 15) is 9.35 Å². The SMILES string of the molecule is C=C/C(=C\C=C(\CN/C(=C\CC)C(C)=O)C(C)CC)[S+]([O-])CC. The molecule has 0 aliphatic rings. The summed E-state index contributed by atoms with van der Waals surface area (Å²) in [6.07, 6.45) is 9.28. The molecule has 0 saturated carbocycles. The topological polar surface area (TPSA) is 52.2 Å². The molecule has 0 aliphatic heterocycles. The molecule has 0 saturated heterocycles. The molecule has 130 valence electrons. The Labute approximate surface area is 144 Å². The second-order valence-corrected chi connectivity index (χ2v) is 7.13. The second-order valence-electron chi connectivity index (χ2n) is 5.39. The van der Waals surface area contributed by atoms with Crippen LogP contribution in [-0.4, -0.2) is 22.6 Å². The number of ketones is 1. The molecule has 4 heteroatoms. The van der Waals surface area contributed by atoms with Gasteiger partial charge in [0.05, 0.1) is 5.70 Å². The number of hydrogen-bond acceptors (Lipinski definition) is 3. The average Bonchev–Trinajstić information content (AvgIpc) is 2.55. The van der Waals surface area contributed by atoms with Crippen LogP contribution >= 0.6 is 0 Å². The molecule has 1 N–H and O–H groups in total. The van der Waals surface area contributed by atoms with Gasteiger partial charge in [0.15, 0.2) is 10.7 Å². The van der Waals surface area contributed by atoms with Gasteiger partial charge in [0.25, 0.3) is 0 Å². The second kappa shape index (κ2) is 12.2. The number of hydrogen-bond donors (Lipinski definition) is 1. The van der Waals surface area contributed by atoms with Gasteiger partial charge in [-0.2, -0.15) is 0 Å². The van der Waals surface area contributed by atoms with Crippen LogP contribution in [0.3, 0.4) is 0 Å². The maximum absolute atomic E-state index is 11.9. The molecule has 2 unspecified atom stereocenters. The predicted octanol–water partition coefficient (Wildman–Crippen LogP) is 4.27. The van der Waals surface area contributed by atoms with Crippen molar-refractivity contribution in [1.82, 2.24) is 5.32 Å². The van der Waals surface area contributed by atoms with E-state index in [4.69, 9.17) is 0 Å².